The lowest BCUT2D eigenvalue weighted by molar-refractivity contribution is -0.148. The summed E-state index contributed by atoms with van der Waals surface area (Å²) in [6.45, 7) is 9.78. The number of hydrogen-bond acceptors (Lipinski definition) is 3. The van der Waals surface area contributed by atoms with Gasteiger partial charge in [-0.1, -0.05) is 6.92 Å². The zero-order valence-electron chi connectivity index (χ0n) is 12.9. The molecule has 0 aliphatic carbocycles. The number of hydrogen-bond donors (Lipinski definition) is 1. The third-order valence-electron chi connectivity index (χ3n) is 3.59. The van der Waals surface area contributed by atoms with Crippen LogP contribution in [0.25, 0.3) is 0 Å². The van der Waals surface area contributed by atoms with Gasteiger partial charge in [-0.05, 0) is 33.7 Å². The predicted octanol–water partition coefficient (Wildman–Crippen LogP) is 2.67. The van der Waals surface area contributed by atoms with Crippen molar-refractivity contribution >= 4 is 0 Å². The normalized spacial score (nSPS) is 24.6. The molecule has 0 radical (unpaired) electrons. The van der Waals surface area contributed by atoms with E-state index in [0.717, 1.165) is 6.42 Å². The number of ether oxygens (including phenoxy) is 1. The maximum absolute atomic E-state index is 12.6. The minimum absolute atomic E-state index is 0.0450. The topological polar surface area (TPSA) is 24.5 Å². The van der Waals surface area contributed by atoms with Crippen LogP contribution in [0.3, 0.4) is 0 Å². The van der Waals surface area contributed by atoms with Gasteiger partial charge in [-0.2, -0.15) is 13.2 Å². The Hall–Kier alpha value is -0.330. The molecule has 1 heterocycles. The van der Waals surface area contributed by atoms with E-state index in [-0.39, 0.29) is 11.0 Å². The van der Waals surface area contributed by atoms with Crippen LogP contribution in [0, 0.1) is 5.41 Å². The van der Waals surface area contributed by atoms with Crippen LogP contribution in [0.2, 0.25) is 0 Å². The van der Waals surface area contributed by atoms with Crippen molar-refractivity contribution in [3.05, 3.63) is 0 Å². The SMILES string of the molecule is CCN(CC(F)(F)F)CC1(CNC(C)(C)C)CCOC1. The van der Waals surface area contributed by atoms with Crippen molar-refractivity contribution in [1.29, 1.82) is 0 Å². The molecule has 0 aromatic rings. The fourth-order valence-electron chi connectivity index (χ4n) is 2.43. The van der Waals surface area contributed by atoms with E-state index in [1.165, 1.54) is 4.90 Å². The molecule has 1 aliphatic heterocycles. The van der Waals surface area contributed by atoms with Crippen LogP contribution in [0.1, 0.15) is 34.1 Å². The molecule has 0 aromatic carbocycles. The summed E-state index contributed by atoms with van der Waals surface area (Å²) in [7, 11) is 0. The van der Waals surface area contributed by atoms with Crippen molar-refractivity contribution in [3.8, 4) is 0 Å². The molecule has 1 aliphatic rings. The first-order chi connectivity index (χ1) is 9.05. The molecule has 1 N–H and O–H groups in total. The molecule has 1 atom stereocenters. The molecule has 20 heavy (non-hydrogen) atoms. The molecule has 0 aromatic heterocycles. The first kappa shape index (κ1) is 17.7. The van der Waals surface area contributed by atoms with Crippen molar-refractivity contribution in [3.63, 3.8) is 0 Å². The number of nitrogens with one attached hydrogen (secondary N) is 1. The van der Waals surface area contributed by atoms with Crippen molar-refractivity contribution in [2.24, 2.45) is 5.41 Å². The van der Waals surface area contributed by atoms with Crippen LogP contribution >= 0.6 is 0 Å². The standard InChI is InChI=1S/C14H27F3N2O/c1-5-19(10-14(15,16)17)9-13(6-7-20-11-13)8-18-12(2,3)4/h18H,5-11H2,1-4H3. The lowest BCUT2D eigenvalue weighted by atomic mass is 9.85. The third-order valence-corrected chi connectivity index (χ3v) is 3.59. The molecule has 6 heteroatoms. The van der Waals surface area contributed by atoms with Crippen LogP contribution in [0.4, 0.5) is 13.2 Å². The average Bonchev–Trinajstić information content (AvgIpc) is 2.72. The summed E-state index contributed by atoms with van der Waals surface area (Å²) in [5.74, 6) is 0. The first-order valence-corrected chi connectivity index (χ1v) is 7.17. The van der Waals surface area contributed by atoms with Crippen molar-refractivity contribution in [2.75, 3.05) is 39.4 Å². The van der Waals surface area contributed by atoms with Gasteiger partial charge in [-0.25, -0.2) is 0 Å². The monoisotopic (exact) mass is 296 g/mol. The molecular formula is C14H27F3N2O. The number of halogens is 3. The zero-order chi connectivity index (χ0) is 15.4. The van der Waals surface area contributed by atoms with E-state index < -0.39 is 12.7 Å². The van der Waals surface area contributed by atoms with Gasteiger partial charge in [0.1, 0.15) is 0 Å². The van der Waals surface area contributed by atoms with E-state index >= 15 is 0 Å². The van der Waals surface area contributed by atoms with Gasteiger partial charge in [0.05, 0.1) is 13.2 Å². The number of nitrogens with zero attached hydrogens (tertiary/aromatic N) is 1. The van der Waals surface area contributed by atoms with E-state index in [0.29, 0.717) is 32.8 Å². The van der Waals surface area contributed by atoms with Gasteiger partial charge in [0.15, 0.2) is 0 Å². The highest BCUT2D eigenvalue weighted by atomic mass is 19.4. The number of rotatable bonds is 6. The van der Waals surface area contributed by atoms with Gasteiger partial charge in [-0.3, -0.25) is 4.90 Å². The predicted molar refractivity (Wildman–Crippen MR) is 73.8 cm³/mol. The highest BCUT2D eigenvalue weighted by Gasteiger charge is 2.39. The lowest BCUT2D eigenvalue weighted by Crippen LogP contribution is -2.50. The maximum atomic E-state index is 12.6. The van der Waals surface area contributed by atoms with E-state index in [1.54, 1.807) is 6.92 Å². The Morgan fingerprint density at radius 1 is 1.25 bits per heavy atom. The molecule has 1 unspecified atom stereocenters. The minimum atomic E-state index is -4.14. The van der Waals surface area contributed by atoms with Crippen LogP contribution in [0.5, 0.6) is 0 Å². The van der Waals surface area contributed by atoms with E-state index in [2.05, 4.69) is 26.1 Å². The summed E-state index contributed by atoms with van der Waals surface area (Å²) >= 11 is 0. The second-order valence-corrected chi connectivity index (χ2v) is 6.82. The van der Waals surface area contributed by atoms with Crippen molar-refractivity contribution in [2.45, 2.75) is 45.8 Å². The second kappa shape index (κ2) is 6.62. The highest BCUT2D eigenvalue weighted by molar-refractivity contribution is 4.90. The quantitative estimate of drug-likeness (QED) is 0.815. The summed E-state index contributed by atoms with van der Waals surface area (Å²) in [5, 5.41) is 3.41. The van der Waals surface area contributed by atoms with E-state index in [4.69, 9.17) is 4.74 Å². The summed E-state index contributed by atoms with van der Waals surface area (Å²) in [5.41, 5.74) is -0.259. The largest absolute Gasteiger partial charge is 0.401 e. The van der Waals surface area contributed by atoms with Gasteiger partial charge in [-0.15, -0.1) is 0 Å². The Morgan fingerprint density at radius 2 is 1.90 bits per heavy atom. The van der Waals surface area contributed by atoms with Crippen molar-refractivity contribution in [1.82, 2.24) is 10.2 Å². The molecule has 3 nitrogen and oxygen atoms in total. The van der Waals surface area contributed by atoms with E-state index in [9.17, 15) is 13.2 Å². The Labute approximate surface area is 119 Å². The van der Waals surface area contributed by atoms with Gasteiger partial charge in [0.2, 0.25) is 0 Å². The molecule has 1 saturated heterocycles. The summed E-state index contributed by atoms with van der Waals surface area (Å²) in [6.07, 6.45) is -3.33. The van der Waals surface area contributed by atoms with Gasteiger partial charge in [0, 0.05) is 30.7 Å². The second-order valence-electron chi connectivity index (χ2n) is 6.82. The molecule has 0 amide bonds. The van der Waals surface area contributed by atoms with Gasteiger partial charge >= 0.3 is 6.18 Å². The molecule has 120 valence electrons. The van der Waals surface area contributed by atoms with Crippen LogP contribution < -0.4 is 5.32 Å². The molecule has 1 rings (SSSR count). The zero-order valence-corrected chi connectivity index (χ0v) is 12.9. The number of alkyl halides is 3. The summed E-state index contributed by atoms with van der Waals surface area (Å²) in [4.78, 5) is 1.47. The fraction of sp³-hybridized carbons (Fsp3) is 1.00. The lowest BCUT2D eigenvalue weighted by Gasteiger charge is -2.36. The van der Waals surface area contributed by atoms with Gasteiger partial charge in [0.25, 0.3) is 0 Å². The maximum Gasteiger partial charge on any atom is 0.401 e. The van der Waals surface area contributed by atoms with Crippen LogP contribution in [-0.2, 0) is 4.74 Å². The molecular weight excluding hydrogens is 269 g/mol. The average molecular weight is 296 g/mol. The summed E-state index contributed by atoms with van der Waals surface area (Å²) < 4.78 is 43.2. The molecule has 1 fully saturated rings. The Balaban J connectivity index is 2.65. The van der Waals surface area contributed by atoms with Crippen LogP contribution in [-0.4, -0.2) is 56.0 Å². The van der Waals surface area contributed by atoms with Gasteiger partial charge < -0.3 is 10.1 Å². The summed E-state index contributed by atoms with van der Waals surface area (Å²) in [6, 6.07) is 0. The molecule has 0 spiro atoms. The Morgan fingerprint density at radius 3 is 2.30 bits per heavy atom. The van der Waals surface area contributed by atoms with Crippen molar-refractivity contribution < 1.29 is 17.9 Å². The smallest absolute Gasteiger partial charge is 0.381 e. The molecule has 0 bridgehead atoms. The fourth-order valence-corrected chi connectivity index (χ4v) is 2.43. The Bertz CT molecular complexity index is 294. The first-order valence-electron chi connectivity index (χ1n) is 7.17. The molecule has 0 saturated carbocycles. The minimum Gasteiger partial charge on any atom is -0.381 e. The van der Waals surface area contributed by atoms with E-state index in [1.807, 2.05) is 0 Å². The third kappa shape index (κ3) is 6.41. The van der Waals surface area contributed by atoms with Crippen LogP contribution in [0.15, 0.2) is 0 Å². The highest BCUT2D eigenvalue weighted by Crippen LogP contribution is 2.31. The Kier molecular flexibility index (Phi) is 5.87.